The maximum atomic E-state index is 10.6. The molecule has 32 heavy (non-hydrogen) atoms. The van der Waals surface area contributed by atoms with Gasteiger partial charge in [0, 0.05) is 13.0 Å². The first-order valence-corrected chi connectivity index (χ1v) is 9.83. The summed E-state index contributed by atoms with van der Waals surface area (Å²) in [4.78, 5) is 21.1. The number of rotatable bonds is 11. The van der Waals surface area contributed by atoms with Crippen LogP contribution < -0.4 is 10.2 Å². The Morgan fingerprint density at radius 1 is 0.812 bits per heavy atom. The summed E-state index contributed by atoms with van der Waals surface area (Å²) in [6, 6.07) is 0. The molecule has 10 atom stereocenters. The fourth-order valence-corrected chi connectivity index (χ4v) is 3.45. The standard InChI is InChI=1S/C18H30O14/c1-7-8(3-28-5-10(19)20)30-18(14(25)12(7)23)32-16-9(4-29-6-11(21)22)31-17(27-2)15(26)13(16)24/h7-9,12-18,23-26H,3-6H2,1-2H3,(H,19,20)(H,21,22)/p-2. The zero-order chi connectivity index (χ0) is 24.0. The van der Waals surface area contributed by atoms with E-state index in [-0.39, 0.29) is 6.61 Å². The molecule has 2 rings (SSSR count). The Morgan fingerprint density at radius 3 is 1.84 bits per heavy atom. The quantitative estimate of drug-likeness (QED) is 0.222. The fourth-order valence-electron chi connectivity index (χ4n) is 3.45. The molecule has 10 unspecified atom stereocenters. The lowest BCUT2D eigenvalue weighted by molar-refractivity contribution is -0.355. The fraction of sp³-hybridized carbons (Fsp3) is 0.889. The van der Waals surface area contributed by atoms with Gasteiger partial charge in [-0.2, -0.15) is 0 Å². The van der Waals surface area contributed by atoms with E-state index in [4.69, 9.17) is 28.4 Å². The van der Waals surface area contributed by atoms with Crippen LogP contribution in [-0.4, -0.2) is 121 Å². The SMILES string of the molecule is COC1OC(COCC(=O)[O-])C(OC2OC(COCC(=O)[O-])C(C)C(O)C2O)C(O)C1O. The number of hydrogen-bond acceptors (Lipinski definition) is 14. The zero-order valence-electron chi connectivity index (χ0n) is 17.5. The van der Waals surface area contributed by atoms with Gasteiger partial charge in [-0.1, -0.05) is 6.92 Å². The van der Waals surface area contributed by atoms with Crippen molar-refractivity contribution in [2.45, 2.75) is 62.2 Å². The van der Waals surface area contributed by atoms with Crippen LogP contribution in [0, 0.1) is 5.92 Å². The van der Waals surface area contributed by atoms with E-state index in [2.05, 4.69) is 0 Å². The number of aliphatic carboxylic acids is 2. The van der Waals surface area contributed by atoms with E-state index in [1.54, 1.807) is 6.92 Å². The molecular weight excluding hydrogens is 440 g/mol. The number of methoxy groups -OCH3 is 1. The predicted molar refractivity (Wildman–Crippen MR) is 94.0 cm³/mol. The van der Waals surface area contributed by atoms with Crippen LogP contribution in [-0.2, 0) is 38.0 Å². The Kier molecular flexibility index (Phi) is 10.2. The summed E-state index contributed by atoms with van der Waals surface area (Å²) in [5, 5.41) is 62.5. The number of ether oxygens (including phenoxy) is 6. The number of carbonyl (C=O) groups excluding carboxylic acids is 2. The molecule has 14 heteroatoms. The van der Waals surface area contributed by atoms with E-state index >= 15 is 0 Å². The Morgan fingerprint density at radius 2 is 1.31 bits per heavy atom. The molecule has 0 aromatic carbocycles. The smallest absolute Gasteiger partial charge is 0.187 e. The van der Waals surface area contributed by atoms with E-state index < -0.39 is 93.0 Å². The molecule has 0 aromatic rings. The largest absolute Gasteiger partial charge is 0.548 e. The van der Waals surface area contributed by atoms with Gasteiger partial charge >= 0.3 is 0 Å². The van der Waals surface area contributed by atoms with Crippen LogP contribution >= 0.6 is 0 Å². The lowest BCUT2D eigenvalue weighted by Crippen LogP contribution is -2.63. The maximum absolute atomic E-state index is 10.6. The van der Waals surface area contributed by atoms with Crippen LogP contribution in [0.2, 0.25) is 0 Å². The number of aliphatic hydroxyl groups is 4. The van der Waals surface area contributed by atoms with Crippen molar-refractivity contribution in [2.75, 3.05) is 33.5 Å². The molecule has 14 nitrogen and oxygen atoms in total. The molecule has 2 fully saturated rings. The third kappa shape index (κ3) is 6.77. The van der Waals surface area contributed by atoms with E-state index in [0.29, 0.717) is 0 Å². The van der Waals surface area contributed by atoms with Crippen molar-refractivity contribution < 1.29 is 68.6 Å². The van der Waals surface area contributed by atoms with Crippen LogP contribution in [0.3, 0.4) is 0 Å². The molecule has 0 radical (unpaired) electrons. The van der Waals surface area contributed by atoms with Crippen molar-refractivity contribution in [3.05, 3.63) is 0 Å². The molecule has 186 valence electrons. The summed E-state index contributed by atoms with van der Waals surface area (Å²) in [6.07, 6.45) is -12.5. The molecule has 2 saturated heterocycles. The zero-order valence-corrected chi connectivity index (χ0v) is 17.5. The van der Waals surface area contributed by atoms with Gasteiger partial charge in [0.15, 0.2) is 12.6 Å². The normalized spacial score (nSPS) is 40.2. The highest BCUT2D eigenvalue weighted by Gasteiger charge is 2.50. The summed E-state index contributed by atoms with van der Waals surface area (Å²) in [6.45, 7) is -0.635. The summed E-state index contributed by atoms with van der Waals surface area (Å²) < 4.78 is 31.5. The van der Waals surface area contributed by atoms with Gasteiger partial charge in [0.1, 0.15) is 30.5 Å². The molecule has 0 aliphatic carbocycles. The highest BCUT2D eigenvalue weighted by molar-refractivity contribution is 5.65. The van der Waals surface area contributed by atoms with Gasteiger partial charge in [-0.15, -0.1) is 0 Å². The highest BCUT2D eigenvalue weighted by Crippen LogP contribution is 2.31. The second-order valence-corrected chi connectivity index (χ2v) is 7.52. The van der Waals surface area contributed by atoms with Crippen molar-refractivity contribution in [3.8, 4) is 0 Å². The number of aliphatic hydroxyl groups excluding tert-OH is 4. The minimum atomic E-state index is -1.63. The summed E-state index contributed by atoms with van der Waals surface area (Å²) in [5.74, 6) is -3.63. The molecule has 0 saturated carbocycles. The van der Waals surface area contributed by atoms with Crippen molar-refractivity contribution >= 4 is 11.9 Å². The van der Waals surface area contributed by atoms with Crippen LogP contribution in [0.1, 0.15) is 6.92 Å². The van der Waals surface area contributed by atoms with Gasteiger partial charge < -0.3 is 68.6 Å². The summed E-state index contributed by atoms with van der Waals surface area (Å²) in [5.41, 5.74) is 0. The van der Waals surface area contributed by atoms with E-state index in [1.807, 2.05) is 0 Å². The predicted octanol–water partition coefficient (Wildman–Crippen LogP) is -5.92. The average molecular weight is 468 g/mol. The lowest BCUT2D eigenvalue weighted by atomic mass is 9.90. The van der Waals surface area contributed by atoms with Crippen LogP contribution in [0.15, 0.2) is 0 Å². The molecule has 4 N–H and O–H groups in total. The number of carboxylic acids is 2. The van der Waals surface area contributed by atoms with Crippen molar-refractivity contribution in [2.24, 2.45) is 5.92 Å². The Bertz CT molecular complexity index is 616. The molecular formula is C18H28O14-2. The van der Waals surface area contributed by atoms with E-state index in [9.17, 15) is 40.2 Å². The molecule has 0 spiro atoms. The third-order valence-corrected chi connectivity index (χ3v) is 5.23. The van der Waals surface area contributed by atoms with Crippen LogP contribution in [0.5, 0.6) is 0 Å². The number of carbonyl (C=O) groups is 2. The van der Waals surface area contributed by atoms with Gasteiger partial charge in [0.05, 0.1) is 50.6 Å². The minimum absolute atomic E-state index is 0.269. The topological polar surface area (TPSA) is 217 Å². The molecule has 0 aromatic heterocycles. The second-order valence-electron chi connectivity index (χ2n) is 7.52. The summed E-state index contributed by atoms with van der Waals surface area (Å²) >= 11 is 0. The van der Waals surface area contributed by atoms with E-state index in [1.165, 1.54) is 7.11 Å². The minimum Gasteiger partial charge on any atom is -0.548 e. The van der Waals surface area contributed by atoms with Crippen molar-refractivity contribution in [1.29, 1.82) is 0 Å². The third-order valence-electron chi connectivity index (χ3n) is 5.23. The Balaban J connectivity index is 2.12. The van der Waals surface area contributed by atoms with Gasteiger partial charge in [-0.3, -0.25) is 0 Å². The molecule has 2 aliphatic rings. The number of hydrogen-bond donors (Lipinski definition) is 4. The average Bonchev–Trinajstić information content (AvgIpc) is 2.73. The Labute approximate surface area is 183 Å². The first kappa shape index (κ1) is 26.8. The Hall–Kier alpha value is -1.46. The van der Waals surface area contributed by atoms with Crippen molar-refractivity contribution in [3.63, 3.8) is 0 Å². The first-order valence-electron chi connectivity index (χ1n) is 9.83. The van der Waals surface area contributed by atoms with Crippen LogP contribution in [0.4, 0.5) is 0 Å². The van der Waals surface area contributed by atoms with Gasteiger partial charge in [0.2, 0.25) is 0 Å². The lowest BCUT2D eigenvalue weighted by Gasteiger charge is -2.46. The molecule has 2 heterocycles. The molecule has 0 bridgehead atoms. The van der Waals surface area contributed by atoms with Gasteiger partial charge in [0.25, 0.3) is 0 Å². The van der Waals surface area contributed by atoms with Crippen molar-refractivity contribution in [1.82, 2.24) is 0 Å². The van der Waals surface area contributed by atoms with Gasteiger partial charge in [-0.25, -0.2) is 0 Å². The van der Waals surface area contributed by atoms with E-state index in [0.717, 1.165) is 0 Å². The number of carboxylic acid groups (broad SMARTS) is 2. The first-order chi connectivity index (χ1) is 15.1. The van der Waals surface area contributed by atoms with Gasteiger partial charge in [-0.05, 0) is 0 Å². The molecule has 0 amide bonds. The molecule has 2 aliphatic heterocycles. The monoisotopic (exact) mass is 468 g/mol. The van der Waals surface area contributed by atoms with Crippen LogP contribution in [0.25, 0.3) is 0 Å². The second kappa shape index (κ2) is 12.1. The summed E-state index contributed by atoms with van der Waals surface area (Å²) in [7, 11) is 1.21. The highest BCUT2D eigenvalue weighted by atomic mass is 16.7. The maximum Gasteiger partial charge on any atom is 0.187 e.